The van der Waals surface area contributed by atoms with Crippen LogP contribution in [0.4, 0.5) is 20.3 Å². The van der Waals surface area contributed by atoms with E-state index in [4.69, 9.17) is 11.1 Å². The number of nitrogens with zero attached hydrogens (tertiary/aromatic N) is 3. The lowest BCUT2D eigenvalue weighted by Gasteiger charge is -2.09. The topological polar surface area (TPSA) is 112 Å². The fourth-order valence-corrected chi connectivity index (χ4v) is 1.94. The number of halogens is 2. The Labute approximate surface area is 149 Å². The van der Waals surface area contributed by atoms with Crippen LogP contribution in [-0.2, 0) is 6.54 Å². The van der Waals surface area contributed by atoms with Gasteiger partial charge in [0.05, 0.1) is 18.8 Å². The van der Waals surface area contributed by atoms with Crippen molar-refractivity contribution in [3.63, 3.8) is 0 Å². The predicted octanol–water partition coefficient (Wildman–Crippen LogP) is 2.44. The van der Waals surface area contributed by atoms with Crippen LogP contribution in [0.3, 0.4) is 0 Å². The minimum atomic E-state index is -2.44. The number of pyridine rings is 2. The maximum Gasteiger partial charge on any atom is 0.255 e. The zero-order valence-corrected chi connectivity index (χ0v) is 13.9. The molecule has 9 heteroatoms. The summed E-state index contributed by atoms with van der Waals surface area (Å²) in [6.07, 6.45) is 4.61. The van der Waals surface area contributed by atoms with Crippen LogP contribution in [0.5, 0.6) is 0 Å². The van der Waals surface area contributed by atoms with E-state index in [1.54, 1.807) is 12.3 Å². The molecule has 0 atom stereocenters. The molecule has 26 heavy (non-hydrogen) atoms. The van der Waals surface area contributed by atoms with Gasteiger partial charge in [0.25, 0.3) is 6.43 Å². The second-order valence-electron chi connectivity index (χ2n) is 5.12. The quantitative estimate of drug-likeness (QED) is 0.406. The molecular weight excluding hydrogens is 340 g/mol. The fraction of sp³-hybridized carbons (Fsp3) is 0.176. The molecule has 0 bridgehead atoms. The maximum atomic E-state index is 12.0. The predicted molar refractivity (Wildman–Crippen MR) is 98.1 cm³/mol. The van der Waals surface area contributed by atoms with Gasteiger partial charge in [0, 0.05) is 42.1 Å². The molecule has 0 saturated heterocycles. The lowest BCUT2D eigenvalue weighted by Crippen LogP contribution is -2.16. The molecule has 0 amide bonds. The van der Waals surface area contributed by atoms with E-state index in [9.17, 15) is 8.78 Å². The van der Waals surface area contributed by atoms with Crippen molar-refractivity contribution in [1.29, 1.82) is 5.41 Å². The van der Waals surface area contributed by atoms with Crippen LogP contribution >= 0.6 is 0 Å². The highest BCUT2D eigenvalue weighted by atomic mass is 19.3. The third-order valence-corrected chi connectivity index (χ3v) is 3.15. The van der Waals surface area contributed by atoms with Crippen molar-refractivity contribution in [1.82, 2.24) is 15.3 Å². The molecule has 2 aromatic rings. The van der Waals surface area contributed by atoms with E-state index in [0.29, 0.717) is 23.6 Å². The average Bonchev–Trinajstić information content (AvgIpc) is 2.64. The molecule has 2 aromatic heterocycles. The van der Waals surface area contributed by atoms with E-state index in [-0.39, 0.29) is 5.84 Å². The summed E-state index contributed by atoms with van der Waals surface area (Å²) in [4.78, 5) is 12.4. The molecule has 0 radical (unpaired) electrons. The SMILES string of the molecule is N=Cc1cnc(N=C(N)/C=C\NCC(F)F)cc1NCc1ccccn1. The van der Waals surface area contributed by atoms with Crippen LogP contribution < -0.4 is 16.4 Å². The van der Waals surface area contributed by atoms with Gasteiger partial charge < -0.3 is 21.8 Å². The van der Waals surface area contributed by atoms with Gasteiger partial charge in [0.1, 0.15) is 5.84 Å². The van der Waals surface area contributed by atoms with Gasteiger partial charge in [-0.15, -0.1) is 0 Å². The molecule has 0 fully saturated rings. The molecular formula is C17H19F2N7. The molecule has 0 aliphatic rings. The molecule has 0 aliphatic carbocycles. The van der Waals surface area contributed by atoms with Crippen molar-refractivity contribution in [2.24, 2.45) is 10.7 Å². The van der Waals surface area contributed by atoms with Crippen LogP contribution in [0, 0.1) is 5.41 Å². The first-order valence-corrected chi connectivity index (χ1v) is 7.75. The summed E-state index contributed by atoms with van der Waals surface area (Å²) in [6.45, 7) is 0.0133. The molecule has 2 heterocycles. The van der Waals surface area contributed by atoms with Gasteiger partial charge in [-0.3, -0.25) is 4.98 Å². The van der Waals surface area contributed by atoms with Crippen LogP contribution in [0.25, 0.3) is 0 Å². The number of aliphatic imine (C=N–C) groups is 1. The van der Waals surface area contributed by atoms with E-state index in [1.165, 1.54) is 24.7 Å². The number of hydrogen-bond acceptors (Lipinski definition) is 6. The maximum absolute atomic E-state index is 12.0. The lowest BCUT2D eigenvalue weighted by molar-refractivity contribution is 0.150. The summed E-state index contributed by atoms with van der Waals surface area (Å²) in [6, 6.07) is 7.25. The number of alkyl halides is 2. The second-order valence-corrected chi connectivity index (χ2v) is 5.12. The lowest BCUT2D eigenvalue weighted by atomic mass is 10.2. The van der Waals surface area contributed by atoms with E-state index in [2.05, 4.69) is 25.6 Å². The minimum absolute atomic E-state index is 0.109. The average molecular weight is 359 g/mol. The van der Waals surface area contributed by atoms with Gasteiger partial charge in [-0.2, -0.15) is 0 Å². The highest BCUT2D eigenvalue weighted by Gasteiger charge is 2.04. The standard InChI is InChI=1S/C17H19F2N7/c18-15(19)11-22-6-4-16(21)26-17-7-14(12(8-20)9-25-17)24-10-13-3-1-2-5-23-13/h1-9,15,20,22H,10-11H2,(H3,21,24,25,26)/b6-4-,20-8?. The van der Waals surface area contributed by atoms with Crippen LogP contribution in [0.1, 0.15) is 11.3 Å². The Bertz CT molecular complexity index is 776. The summed E-state index contributed by atoms with van der Waals surface area (Å²) in [7, 11) is 0. The highest BCUT2D eigenvalue weighted by molar-refractivity contribution is 5.93. The van der Waals surface area contributed by atoms with Gasteiger partial charge in [0.15, 0.2) is 5.82 Å². The minimum Gasteiger partial charge on any atom is -0.385 e. The molecule has 0 spiro atoms. The number of nitrogens with two attached hydrogens (primary N) is 1. The van der Waals surface area contributed by atoms with Crippen molar-refractivity contribution in [2.45, 2.75) is 13.0 Å². The number of rotatable bonds is 9. The Hall–Kier alpha value is -3.36. The Morgan fingerprint density at radius 2 is 2.19 bits per heavy atom. The van der Waals surface area contributed by atoms with E-state index >= 15 is 0 Å². The summed E-state index contributed by atoms with van der Waals surface area (Å²) in [5.74, 6) is 0.438. The molecule has 2 rings (SSSR count). The molecule has 5 N–H and O–H groups in total. The van der Waals surface area contributed by atoms with E-state index < -0.39 is 13.0 Å². The van der Waals surface area contributed by atoms with Gasteiger partial charge in [-0.05, 0) is 18.2 Å². The second kappa shape index (κ2) is 9.82. The van der Waals surface area contributed by atoms with Crippen molar-refractivity contribution in [2.75, 3.05) is 11.9 Å². The number of nitrogens with one attached hydrogen (secondary N) is 3. The summed E-state index contributed by atoms with van der Waals surface area (Å²) >= 11 is 0. The molecule has 0 aliphatic heterocycles. The van der Waals surface area contributed by atoms with Crippen molar-refractivity contribution < 1.29 is 8.78 Å². The van der Waals surface area contributed by atoms with Crippen molar-refractivity contribution >= 4 is 23.6 Å². The fourth-order valence-electron chi connectivity index (χ4n) is 1.94. The third-order valence-electron chi connectivity index (χ3n) is 3.15. The number of aromatic nitrogens is 2. The molecule has 136 valence electrons. The van der Waals surface area contributed by atoms with Crippen LogP contribution in [-0.4, -0.2) is 35.0 Å². The highest BCUT2D eigenvalue weighted by Crippen LogP contribution is 2.19. The first-order chi connectivity index (χ1) is 12.6. The van der Waals surface area contributed by atoms with E-state index in [1.807, 2.05) is 18.2 Å². The number of anilines is 1. The zero-order valence-electron chi connectivity index (χ0n) is 13.9. The molecule has 7 nitrogen and oxygen atoms in total. The zero-order chi connectivity index (χ0) is 18.8. The van der Waals surface area contributed by atoms with Crippen molar-refractivity contribution in [3.8, 4) is 0 Å². The normalized spacial score (nSPS) is 11.7. The number of hydrogen-bond donors (Lipinski definition) is 4. The van der Waals surface area contributed by atoms with Crippen LogP contribution in [0.15, 0.2) is 53.9 Å². The first kappa shape index (κ1) is 19.0. The Balaban J connectivity index is 2.07. The van der Waals surface area contributed by atoms with Gasteiger partial charge in [-0.1, -0.05) is 6.07 Å². The largest absolute Gasteiger partial charge is 0.385 e. The molecule has 0 unspecified atom stereocenters. The molecule has 0 aromatic carbocycles. The Morgan fingerprint density at radius 1 is 1.35 bits per heavy atom. The number of amidine groups is 1. The van der Waals surface area contributed by atoms with Gasteiger partial charge in [0.2, 0.25) is 0 Å². The first-order valence-electron chi connectivity index (χ1n) is 7.75. The summed E-state index contributed by atoms with van der Waals surface area (Å²) in [5, 5.41) is 13.1. The smallest absolute Gasteiger partial charge is 0.255 e. The molecule has 0 saturated carbocycles. The third kappa shape index (κ3) is 6.27. The monoisotopic (exact) mass is 359 g/mol. The summed E-state index contributed by atoms with van der Waals surface area (Å²) < 4.78 is 24.0. The Kier molecular flexibility index (Phi) is 7.17. The van der Waals surface area contributed by atoms with Crippen LogP contribution in [0.2, 0.25) is 0 Å². The van der Waals surface area contributed by atoms with E-state index in [0.717, 1.165) is 5.69 Å². The van der Waals surface area contributed by atoms with Gasteiger partial charge in [-0.25, -0.2) is 18.8 Å². The van der Waals surface area contributed by atoms with Gasteiger partial charge >= 0.3 is 0 Å². The van der Waals surface area contributed by atoms with Crippen molar-refractivity contribution in [3.05, 3.63) is 60.2 Å². The Morgan fingerprint density at radius 3 is 2.88 bits per heavy atom. The summed E-state index contributed by atoms with van der Waals surface area (Å²) in [5.41, 5.74) is 7.82.